The lowest BCUT2D eigenvalue weighted by atomic mass is 9.99. The van der Waals surface area contributed by atoms with Gasteiger partial charge in [-0.15, -0.1) is 0 Å². The molecule has 0 saturated carbocycles. The van der Waals surface area contributed by atoms with Gasteiger partial charge in [0.15, 0.2) is 0 Å². The Kier molecular flexibility index (Phi) is 7.50. The summed E-state index contributed by atoms with van der Waals surface area (Å²) in [6, 6.07) is 0. The molecule has 2 rings (SSSR count). The molecule has 2 heterocycles. The summed E-state index contributed by atoms with van der Waals surface area (Å²) in [7, 11) is -3.19. The van der Waals surface area contributed by atoms with Gasteiger partial charge in [0, 0.05) is 26.2 Å². The summed E-state index contributed by atoms with van der Waals surface area (Å²) in [6.45, 7) is 8.89. The van der Waals surface area contributed by atoms with Crippen LogP contribution in [0.4, 0.5) is 0 Å². The van der Waals surface area contributed by atoms with Crippen LogP contribution >= 0.6 is 0 Å². The standard InChI is InChI=1S/C17H33N3O3S/c1-3-24(22,23)20-12-5-8-16(14-20)17(21)18-9-6-11-19-10-4-7-15(2)13-19/h15-16H,3-14H2,1-2H3,(H,18,21)/t15-,16-/m0/s1. The maximum absolute atomic E-state index is 12.3. The Balaban J connectivity index is 1.68. The Hall–Kier alpha value is -0.660. The molecule has 0 aromatic rings. The quantitative estimate of drug-likeness (QED) is 0.696. The fourth-order valence-corrected chi connectivity index (χ4v) is 4.92. The molecule has 0 unspecified atom stereocenters. The third-order valence-corrected chi connectivity index (χ3v) is 7.05. The number of nitrogens with one attached hydrogen (secondary N) is 1. The van der Waals surface area contributed by atoms with Gasteiger partial charge in [0.1, 0.15) is 0 Å². The van der Waals surface area contributed by atoms with Gasteiger partial charge in [0.05, 0.1) is 11.7 Å². The van der Waals surface area contributed by atoms with E-state index in [2.05, 4.69) is 17.1 Å². The van der Waals surface area contributed by atoms with Crippen molar-refractivity contribution in [1.29, 1.82) is 0 Å². The zero-order valence-electron chi connectivity index (χ0n) is 15.2. The highest BCUT2D eigenvalue weighted by atomic mass is 32.2. The van der Waals surface area contributed by atoms with Crippen molar-refractivity contribution >= 4 is 15.9 Å². The van der Waals surface area contributed by atoms with E-state index < -0.39 is 10.0 Å². The molecule has 2 aliphatic rings. The third-order valence-electron chi connectivity index (χ3n) is 5.20. The smallest absolute Gasteiger partial charge is 0.224 e. The molecule has 2 saturated heterocycles. The first-order chi connectivity index (χ1) is 11.4. The number of carbonyl (C=O) groups is 1. The summed E-state index contributed by atoms with van der Waals surface area (Å²) in [5, 5.41) is 3.01. The summed E-state index contributed by atoms with van der Waals surface area (Å²) in [5.74, 6) is 0.699. The average Bonchev–Trinajstić information content (AvgIpc) is 2.58. The van der Waals surface area contributed by atoms with E-state index in [1.54, 1.807) is 6.92 Å². The van der Waals surface area contributed by atoms with E-state index >= 15 is 0 Å². The van der Waals surface area contributed by atoms with Crippen LogP contribution in [0.5, 0.6) is 0 Å². The maximum Gasteiger partial charge on any atom is 0.224 e. The number of carbonyl (C=O) groups excluding carboxylic acids is 1. The van der Waals surface area contributed by atoms with E-state index in [1.807, 2.05) is 0 Å². The molecule has 1 amide bonds. The number of hydrogen-bond donors (Lipinski definition) is 1. The van der Waals surface area contributed by atoms with Gasteiger partial charge < -0.3 is 10.2 Å². The van der Waals surface area contributed by atoms with Crippen LogP contribution in [-0.4, -0.2) is 68.6 Å². The topological polar surface area (TPSA) is 69.7 Å². The Labute approximate surface area is 147 Å². The van der Waals surface area contributed by atoms with Crippen molar-refractivity contribution in [2.45, 2.75) is 46.0 Å². The van der Waals surface area contributed by atoms with Crippen LogP contribution in [0.1, 0.15) is 46.0 Å². The first kappa shape index (κ1) is 19.7. The summed E-state index contributed by atoms with van der Waals surface area (Å²) >= 11 is 0. The second-order valence-electron chi connectivity index (χ2n) is 7.29. The van der Waals surface area contributed by atoms with Crippen LogP contribution < -0.4 is 5.32 Å². The maximum atomic E-state index is 12.3. The van der Waals surface area contributed by atoms with Gasteiger partial charge in [0.2, 0.25) is 15.9 Å². The Bertz CT molecular complexity index is 509. The zero-order chi connectivity index (χ0) is 17.6. The lowest BCUT2D eigenvalue weighted by Gasteiger charge is -2.31. The normalized spacial score (nSPS) is 27.1. The fourth-order valence-electron chi connectivity index (χ4n) is 3.74. The van der Waals surface area contributed by atoms with E-state index in [4.69, 9.17) is 0 Å². The number of amides is 1. The Morgan fingerprint density at radius 3 is 2.62 bits per heavy atom. The molecule has 0 aromatic carbocycles. The highest BCUT2D eigenvalue weighted by Gasteiger charge is 2.31. The largest absolute Gasteiger partial charge is 0.356 e. The zero-order valence-corrected chi connectivity index (χ0v) is 16.0. The molecule has 0 bridgehead atoms. The third kappa shape index (κ3) is 5.70. The van der Waals surface area contributed by atoms with E-state index in [0.29, 0.717) is 19.6 Å². The molecule has 0 radical (unpaired) electrons. The van der Waals surface area contributed by atoms with Crippen LogP contribution in [0, 0.1) is 11.8 Å². The molecule has 2 fully saturated rings. The van der Waals surface area contributed by atoms with Crippen molar-refractivity contribution in [2.24, 2.45) is 11.8 Å². The summed E-state index contributed by atoms with van der Waals surface area (Å²) < 4.78 is 25.4. The van der Waals surface area contributed by atoms with Gasteiger partial charge in [-0.2, -0.15) is 0 Å². The van der Waals surface area contributed by atoms with Crippen molar-refractivity contribution in [3.8, 4) is 0 Å². The van der Waals surface area contributed by atoms with Gasteiger partial charge in [-0.05, 0) is 58.0 Å². The molecular weight excluding hydrogens is 326 g/mol. The average molecular weight is 360 g/mol. The molecule has 0 aromatic heterocycles. The van der Waals surface area contributed by atoms with Crippen LogP contribution in [0.3, 0.4) is 0 Å². The fraction of sp³-hybridized carbons (Fsp3) is 0.941. The Morgan fingerprint density at radius 2 is 1.92 bits per heavy atom. The van der Waals surface area contributed by atoms with Crippen LogP contribution in [-0.2, 0) is 14.8 Å². The van der Waals surface area contributed by atoms with Gasteiger partial charge in [-0.1, -0.05) is 6.92 Å². The van der Waals surface area contributed by atoms with E-state index in [-0.39, 0.29) is 17.6 Å². The predicted octanol–water partition coefficient (Wildman–Crippen LogP) is 1.29. The van der Waals surface area contributed by atoms with Crippen LogP contribution in [0.2, 0.25) is 0 Å². The Morgan fingerprint density at radius 1 is 1.17 bits per heavy atom. The van der Waals surface area contributed by atoms with Gasteiger partial charge in [-0.25, -0.2) is 12.7 Å². The second kappa shape index (κ2) is 9.15. The summed E-state index contributed by atoms with van der Waals surface area (Å²) in [5.41, 5.74) is 0. The summed E-state index contributed by atoms with van der Waals surface area (Å²) in [6.07, 6.45) is 5.11. The number of likely N-dealkylation sites (tertiary alicyclic amines) is 1. The molecule has 7 heteroatoms. The van der Waals surface area contributed by atoms with Gasteiger partial charge >= 0.3 is 0 Å². The monoisotopic (exact) mass is 359 g/mol. The molecule has 2 atom stereocenters. The predicted molar refractivity (Wildman–Crippen MR) is 96.2 cm³/mol. The van der Waals surface area contributed by atoms with Crippen molar-refractivity contribution in [3.63, 3.8) is 0 Å². The molecule has 0 aliphatic carbocycles. The number of sulfonamides is 1. The van der Waals surface area contributed by atoms with Crippen molar-refractivity contribution in [3.05, 3.63) is 0 Å². The van der Waals surface area contributed by atoms with Crippen LogP contribution in [0.15, 0.2) is 0 Å². The summed E-state index contributed by atoms with van der Waals surface area (Å²) in [4.78, 5) is 14.8. The number of hydrogen-bond acceptors (Lipinski definition) is 4. The molecule has 0 spiro atoms. The van der Waals surface area contributed by atoms with Crippen LogP contribution in [0.25, 0.3) is 0 Å². The molecule has 24 heavy (non-hydrogen) atoms. The first-order valence-corrected chi connectivity index (χ1v) is 11.0. The van der Waals surface area contributed by atoms with E-state index in [1.165, 1.54) is 30.2 Å². The van der Waals surface area contributed by atoms with Gasteiger partial charge in [-0.3, -0.25) is 4.79 Å². The molecule has 1 N–H and O–H groups in total. The highest BCUT2D eigenvalue weighted by Crippen LogP contribution is 2.19. The minimum absolute atomic E-state index is 0.0121. The lowest BCUT2D eigenvalue weighted by Crippen LogP contribution is -2.46. The molecule has 2 aliphatic heterocycles. The highest BCUT2D eigenvalue weighted by molar-refractivity contribution is 7.89. The second-order valence-corrected chi connectivity index (χ2v) is 9.55. The van der Waals surface area contributed by atoms with Crippen molar-refractivity contribution in [1.82, 2.24) is 14.5 Å². The number of piperidine rings is 2. The lowest BCUT2D eigenvalue weighted by molar-refractivity contribution is -0.126. The van der Waals surface area contributed by atoms with Crippen molar-refractivity contribution in [2.75, 3.05) is 45.0 Å². The van der Waals surface area contributed by atoms with E-state index in [9.17, 15) is 13.2 Å². The SMILES string of the molecule is CCS(=O)(=O)N1CCC[C@H](C(=O)NCCCN2CCC[C@H](C)C2)C1. The minimum atomic E-state index is -3.19. The molecular formula is C17H33N3O3S. The van der Waals surface area contributed by atoms with E-state index in [0.717, 1.165) is 31.7 Å². The minimum Gasteiger partial charge on any atom is -0.356 e. The molecule has 140 valence electrons. The number of nitrogens with zero attached hydrogens (tertiary/aromatic N) is 2. The number of rotatable bonds is 7. The molecule has 6 nitrogen and oxygen atoms in total. The first-order valence-electron chi connectivity index (χ1n) is 9.40. The van der Waals surface area contributed by atoms with Crippen molar-refractivity contribution < 1.29 is 13.2 Å². The van der Waals surface area contributed by atoms with Gasteiger partial charge in [0.25, 0.3) is 0 Å².